The molecule has 0 radical (unpaired) electrons. The zero-order valence-electron chi connectivity index (χ0n) is 14.6. The summed E-state index contributed by atoms with van der Waals surface area (Å²) in [6.07, 6.45) is 0. The summed E-state index contributed by atoms with van der Waals surface area (Å²) >= 11 is 0. The Hall–Kier alpha value is -3.05. The average Bonchev–Trinajstić information content (AvgIpc) is 2.67. The fourth-order valence-electron chi connectivity index (χ4n) is 2.71. The molecule has 0 amide bonds. The van der Waals surface area contributed by atoms with Gasteiger partial charge in [0.2, 0.25) is 0 Å². The lowest BCUT2D eigenvalue weighted by molar-refractivity contribution is 0.305. The van der Waals surface area contributed by atoms with Crippen LogP contribution in [0.5, 0.6) is 5.75 Å². The minimum Gasteiger partial charge on any atom is -0.488 e. The molecule has 0 aliphatic rings. The quantitative estimate of drug-likeness (QED) is 0.582. The van der Waals surface area contributed by atoms with E-state index in [0.717, 1.165) is 16.7 Å². The smallest absolute Gasteiger partial charge is 0.138 e. The van der Waals surface area contributed by atoms with Crippen LogP contribution >= 0.6 is 0 Å². The van der Waals surface area contributed by atoms with Crippen molar-refractivity contribution in [2.45, 2.75) is 26.4 Å². The molecule has 3 aromatic rings. The second-order valence-electron chi connectivity index (χ2n) is 6.37. The SMILES string of the molecule is CC(C)c1ccc(-c2ccc(C#N)c(OCc3ccccc3)c2)cc1. The summed E-state index contributed by atoms with van der Waals surface area (Å²) in [7, 11) is 0. The molecule has 0 bridgehead atoms. The van der Waals surface area contributed by atoms with Crippen molar-refractivity contribution in [2.75, 3.05) is 0 Å². The van der Waals surface area contributed by atoms with Gasteiger partial charge in [-0.2, -0.15) is 5.26 Å². The van der Waals surface area contributed by atoms with E-state index >= 15 is 0 Å². The minimum absolute atomic E-state index is 0.450. The minimum atomic E-state index is 0.450. The van der Waals surface area contributed by atoms with Crippen LogP contribution in [-0.2, 0) is 6.61 Å². The first-order valence-electron chi connectivity index (χ1n) is 8.48. The zero-order valence-corrected chi connectivity index (χ0v) is 14.6. The van der Waals surface area contributed by atoms with Gasteiger partial charge < -0.3 is 4.74 Å². The summed E-state index contributed by atoms with van der Waals surface area (Å²) in [6.45, 7) is 4.82. The predicted octanol–water partition coefficient (Wildman–Crippen LogP) is 5.93. The molecule has 2 nitrogen and oxygen atoms in total. The van der Waals surface area contributed by atoms with E-state index in [-0.39, 0.29) is 0 Å². The molecule has 3 aromatic carbocycles. The van der Waals surface area contributed by atoms with Crippen molar-refractivity contribution >= 4 is 0 Å². The molecule has 0 saturated carbocycles. The van der Waals surface area contributed by atoms with Crippen LogP contribution in [0, 0.1) is 11.3 Å². The highest BCUT2D eigenvalue weighted by atomic mass is 16.5. The van der Waals surface area contributed by atoms with Gasteiger partial charge in [0.1, 0.15) is 18.4 Å². The molecular weight excluding hydrogens is 306 g/mol. The summed E-state index contributed by atoms with van der Waals surface area (Å²) < 4.78 is 5.92. The molecular formula is C23H21NO. The van der Waals surface area contributed by atoms with Crippen LogP contribution in [0.15, 0.2) is 72.8 Å². The molecule has 0 spiro atoms. The topological polar surface area (TPSA) is 33.0 Å². The van der Waals surface area contributed by atoms with Gasteiger partial charge in [0.15, 0.2) is 0 Å². The highest BCUT2D eigenvalue weighted by Crippen LogP contribution is 2.29. The van der Waals surface area contributed by atoms with Crippen molar-refractivity contribution in [2.24, 2.45) is 0 Å². The number of nitrogens with zero attached hydrogens (tertiary/aromatic N) is 1. The van der Waals surface area contributed by atoms with Crippen molar-refractivity contribution in [1.82, 2.24) is 0 Å². The Morgan fingerprint density at radius 1 is 0.880 bits per heavy atom. The van der Waals surface area contributed by atoms with Crippen LogP contribution in [0.25, 0.3) is 11.1 Å². The molecule has 0 unspecified atom stereocenters. The van der Waals surface area contributed by atoms with E-state index in [1.807, 2.05) is 48.5 Å². The van der Waals surface area contributed by atoms with Gasteiger partial charge in [0.05, 0.1) is 5.56 Å². The summed E-state index contributed by atoms with van der Waals surface area (Å²) in [5, 5.41) is 9.34. The first-order valence-corrected chi connectivity index (χ1v) is 8.48. The summed E-state index contributed by atoms with van der Waals surface area (Å²) in [6, 6.07) is 26.5. The van der Waals surface area contributed by atoms with E-state index in [1.165, 1.54) is 5.56 Å². The summed E-state index contributed by atoms with van der Waals surface area (Å²) in [5.41, 5.74) is 5.13. The van der Waals surface area contributed by atoms with Crippen LogP contribution in [0.4, 0.5) is 0 Å². The molecule has 25 heavy (non-hydrogen) atoms. The van der Waals surface area contributed by atoms with Crippen LogP contribution < -0.4 is 4.74 Å². The fourth-order valence-corrected chi connectivity index (χ4v) is 2.71. The number of nitriles is 1. The summed E-state index contributed by atoms with van der Waals surface area (Å²) in [5.74, 6) is 1.14. The Balaban J connectivity index is 1.85. The van der Waals surface area contributed by atoms with E-state index in [1.54, 1.807) is 0 Å². The first kappa shape index (κ1) is 16.8. The average molecular weight is 327 g/mol. The number of hydrogen-bond donors (Lipinski definition) is 0. The van der Waals surface area contributed by atoms with Gasteiger partial charge in [0, 0.05) is 0 Å². The first-order chi connectivity index (χ1) is 12.2. The molecule has 0 fully saturated rings. The van der Waals surface area contributed by atoms with Crippen molar-refractivity contribution in [3.05, 3.63) is 89.5 Å². The van der Waals surface area contributed by atoms with Crippen molar-refractivity contribution < 1.29 is 4.74 Å². The predicted molar refractivity (Wildman–Crippen MR) is 101 cm³/mol. The standard InChI is InChI=1S/C23H21NO/c1-17(2)19-8-10-20(11-9-19)21-12-13-22(15-24)23(14-21)25-16-18-6-4-3-5-7-18/h3-14,17H,16H2,1-2H3. The number of hydrogen-bond acceptors (Lipinski definition) is 2. The van der Waals surface area contributed by atoms with Gasteiger partial charge in [-0.05, 0) is 40.3 Å². The lowest BCUT2D eigenvalue weighted by Crippen LogP contribution is -1.97. The molecule has 2 heteroatoms. The molecule has 0 aromatic heterocycles. The van der Waals surface area contributed by atoms with Crippen molar-refractivity contribution in [1.29, 1.82) is 5.26 Å². The zero-order chi connectivity index (χ0) is 17.6. The molecule has 0 N–H and O–H groups in total. The Kier molecular flexibility index (Phi) is 5.16. The van der Waals surface area contributed by atoms with Gasteiger partial charge in [-0.15, -0.1) is 0 Å². The molecule has 0 aliphatic carbocycles. The Morgan fingerprint density at radius 3 is 2.20 bits per heavy atom. The third-order valence-electron chi connectivity index (χ3n) is 4.25. The van der Waals surface area contributed by atoms with Gasteiger partial charge in [-0.25, -0.2) is 0 Å². The normalized spacial score (nSPS) is 10.5. The number of benzene rings is 3. The van der Waals surface area contributed by atoms with Crippen molar-refractivity contribution in [3.8, 4) is 22.9 Å². The molecule has 0 aliphatic heterocycles. The van der Waals surface area contributed by atoms with Gasteiger partial charge in [-0.3, -0.25) is 0 Å². The van der Waals surface area contributed by atoms with E-state index in [2.05, 4.69) is 44.2 Å². The Labute approximate surface area is 149 Å². The molecule has 0 heterocycles. The summed E-state index contributed by atoms with van der Waals surface area (Å²) in [4.78, 5) is 0. The number of ether oxygens (including phenoxy) is 1. The van der Waals surface area contributed by atoms with E-state index < -0.39 is 0 Å². The lowest BCUT2D eigenvalue weighted by Gasteiger charge is -2.11. The Bertz CT molecular complexity index is 874. The maximum absolute atomic E-state index is 9.34. The third-order valence-corrected chi connectivity index (χ3v) is 4.25. The van der Waals surface area contributed by atoms with E-state index in [9.17, 15) is 5.26 Å². The highest BCUT2D eigenvalue weighted by molar-refractivity contribution is 5.67. The van der Waals surface area contributed by atoms with Gasteiger partial charge in [0.25, 0.3) is 0 Å². The van der Waals surface area contributed by atoms with Gasteiger partial charge >= 0.3 is 0 Å². The molecule has 3 rings (SSSR count). The third kappa shape index (κ3) is 4.08. The Morgan fingerprint density at radius 2 is 1.56 bits per heavy atom. The monoisotopic (exact) mass is 327 g/mol. The maximum Gasteiger partial charge on any atom is 0.138 e. The second kappa shape index (κ2) is 7.68. The second-order valence-corrected chi connectivity index (χ2v) is 6.37. The molecule has 0 saturated heterocycles. The van der Waals surface area contributed by atoms with Crippen molar-refractivity contribution in [3.63, 3.8) is 0 Å². The van der Waals surface area contributed by atoms with E-state index in [4.69, 9.17) is 4.74 Å². The van der Waals surface area contributed by atoms with E-state index in [0.29, 0.717) is 23.8 Å². The van der Waals surface area contributed by atoms with Crippen LogP contribution in [0.3, 0.4) is 0 Å². The highest BCUT2D eigenvalue weighted by Gasteiger charge is 2.08. The largest absolute Gasteiger partial charge is 0.488 e. The van der Waals surface area contributed by atoms with Gasteiger partial charge in [-0.1, -0.05) is 74.5 Å². The van der Waals surface area contributed by atoms with Crippen LogP contribution in [0.1, 0.15) is 36.5 Å². The number of rotatable bonds is 5. The van der Waals surface area contributed by atoms with Crippen LogP contribution in [-0.4, -0.2) is 0 Å². The fraction of sp³-hybridized carbons (Fsp3) is 0.174. The maximum atomic E-state index is 9.34. The lowest BCUT2D eigenvalue weighted by atomic mass is 9.98. The van der Waals surface area contributed by atoms with Crippen LogP contribution in [0.2, 0.25) is 0 Å². The molecule has 0 atom stereocenters. The molecule has 124 valence electrons.